The third-order valence-electron chi connectivity index (χ3n) is 4.09. The number of rotatable bonds is 8. The summed E-state index contributed by atoms with van der Waals surface area (Å²) in [5.74, 6) is -0.269. The Morgan fingerprint density at radius 3 is 2.50 bits per heavy atom. The van der Waals surface area contributed by atoms with E-state index in [0.717, 1.165) is 21.2 Å². The van der Waals surface area contributed by atoms with Gasteiger partial charge in [-0.15, -0.1) is 11.3 Å². The van der Waals surface area contributed by atoms with Gasteiger partial charge in [0.15, 0.2) is 4.34 Å². The number of thioether (sulfide) groups is 1. The summed E-state index contributed by atoms with van der Waals surface area (Å²) < 4.78 is -0.124. The van der Waals surface area contributed by atoms with Crippen LogP contribution < -0.4 is 5.32 Å². The molecule has 0 aliphatic heterocycles. The van der Waals surface area contributed by atoms with Gasteiger partial charge in [-0.1, -0.05) is 41.6 Å². The van der Waals surface area contributed by atoms with Crippen LogP contribution >= 0.6 is 23.1 Å². The summed E-state index contributed by atoms with van der Waals surface area (Å²) in [5, 5.41) is 14.4. The average molecular weight is 415 g/mol. The molecule has 146 valence electrons. The number of anilines is 1. The van der Waals surface area contributed by atoms with E-state index in [9.17, 15) is 9.90 Å². The first kappa shape index (κ1) is 20.3. The Labute approximate surface area is 172 Å². The summed E-state index contributed by atoms with van der Waals surface area (Å²) in [4.78, 5) is 24.5. The van der Waals surface area contributed by atoms with E-state index < -0.39 is 10.7 Å². The Bertz CT molecular complexity index is 938. The maximum absolute atomic E-state index is 11.2. The van der Waals surface area contributed by atoms with Gasteiger partial charge in [0.1, 0.15) is 4.75 Å². The van der Waals surface area contributed by atoms with E-state index in [0.29, 0.717) is 18.9 Å². The smallest absolute Gasteiger partial charge is 0.319 e. The second kappa shape index (κ2) is 8.70. The van der Waals surface area contributed by atoms with Crippen LogP contribution in [0.15, 0.2) is 46.4 Å². The number of nitrogens with one attached hydrogen (secondary N) is 1. The molecule has 0 aliphatic rings. The van der Waals surface area contributed by atoms with Crippen molar-refractivity contribution in [3.05, 3.63) is 53.3 Å². The molecule has 3 rings (SSSR count). The Balaban J connectivity index is 1.51. The predicted octanol–water partition coefficient (Wildman–Crippen LogP) is 4.52. The summed E-state index contributed by atoms with van der Waals surface area (Å²) in [6.07, 6.45) is 4.34. The third kappa shape index (κ3) is 5.30. The van der Waals surface area contributed by atoms with Gasteiger partial charge in [-0.25, -0.2) is 15.0 Å². The number of carboxylic acid groups (broad SMARTS) is 1. The first-order valence-electron chi connectivity index (χ1n) is 8.83. The molecule has 1 aromatic carbocycles. The zero-order valence-electron chi connectivity index (χ0n) is 16.0. The third-order valence-corrected chi connectivity index (χ3v) is 6.26. The maximum Gasteiger partial charge on any atom is 0.319 e. The second-order valence-electron chi connectivity index (χ2n) is 6.86. The van der Waals surface area contributed by atoms with Crippen LogP contribution in [0.1, 0.15) is 25.1 Å². The molecular formula is C20H22N4O2S2. The number of carboxylic acids is 1. The summed E-state index contributed by atoms with van der Waals surface area (Å²) in [5.41, 5.74) is 4.22. The zero-order valence-corrected chi connectivity index (χ0v) is 17.6. The monoisotopic (exact) mass is 414 g/mol. The number of hydrogen-bond donors (Lipinski definition) is 2. The van der Waals surface area contributed by atoms with Crippen LogP contribution in [0.4, 0.5) is 5.95 Å². The minimum absolute atomic E-state index is 0.577. The van der Waals surface area contributed by atoms with Gasteiger partial charge in [0.2, 0.25) is 5.95 Å². The molecule has 0 amide bonds. The van der Waals surface area contributed by atoms with Crippen LogP contribution in [0, 0.1) is 6.92 Å². The van der Waals surface area contributed by atoms with Crippen molar-refractivity contribution in [1.29, 1.82) is 0 Å². The maximum atomic E-state index is 11.2. The number of carbonyl (C=O) groups is 1. The molecule has 3 aromatic rings. The van der Waals surface area contributed by atoms with Crippen LogP contribution in [0.3, 0.4) is 0 Å². The quantitative estimate of drug-likeness (QED) is 0.524. The zero-order chi connectivity index (χ0) is 20.1. The number of aromatic nitrogens is 3. The number of nitrogens with zero attached hydrogens (tertiary/aromatic N) is 3. The molecular weight excluding hydrogens is 392 g/mol. The molecule has 0 atom stereocenters. The molecule has 0 aliphatic carbocycles. The summed E-state index contributed by atoms with van der Waals surface area (Å²) in [6, 6.07) is 8.26. The molecule has 8 heteroatoms. The minimum Gasteiger partial charge on any atom is -0.480 e. The highest BCUT2D eigenvalue weighted by Crippen LogP contribution is 2.34. The lowest BCUT2D eigenvalue weighted by Gasteiger charge is -2.15. The second-order valence-corrected chi connectivity index (χ2v) is 9.59. The Kier molecular flexibility index (Phi) is 6.31. The number of benzene rings is 1. The van der Waals surface area contributed by atoms with Crippen LogP contribution in [0.2, 0.25) is 0 Å². The van der Waals surface area contributed by atoms with Crippen molar-refractivity contribution in [2.24, 2.45) is 0 Å². The van der Waals surface area contributed by atoms with E-state index in [4.69, 9.17) is 0 Å². The number of thiazole rings is 1. The number of aryl methyl sites for hydroxylation is 1. The van der Waals surface area contributed by atoms with Gasteiger partial charge in [0.25, 0.3) is 0 Å². The van der Waals surface area contributed by atoms with Crippen molar-refractivity contribution >= 4 is 35.0 Å². The highest BCUT2D eigenvalue weighted by molar-refractivity contribution is 8.02. The molecule has 2 aromatic heterocycles. The van der Waals surface area contributed by atoms with E-state index in [1.54, 1.807) is 13.8 Å². The Morgan fingerprint density at radius 2 is 1.86 bits per heavy atom. The van der Waals surface area contributed by atoms with E-state index in [2.05, 4.69) is 51.5 Å². The van der Waals surface area contributed by atoms with Crippen LogP contribution in [0.5, 0.6) is 0 Å². The molecule has 0 unspecified atom stereocenters. The Morgan fingerprint density at radius 1 is 1.18 bits per heavy atom. The average Bonchev–Trinajstić information content (AvgIpc) is 3.09. The van der Waals surface area contributed by atoms with Crippen molar-refractivity contribution in [2.45, 2.75) is 36.3 Å². The van der Waals surface area contributed by atoms with Crippen molar-refractivity contribution < 1.29 is 9.90 Å². The van der Waals surface area contributed by atoms with E-state index in [-0.39, 0.29) is 0 Å². The fraction of sp³-hybridized carbons (Fsp3) is 0.300. The SMILES string of the molecule is Cc1ccc(-c2cnc(NCCc3csc(SC(C)(C)C(=O)O)n3)nc2)cc1. The van der Waals surface area contributed by atoms with Crippen molar-refractivity contribution in [3.8, 4) is 11.1 Å². The molecule has 0 fully saturated rings. The molecule has 0 spiro atoms. The summed E-state index contributed by atoms with van der Waals surface area (Å²) in [6.45, 7) is 6.07. The fourth-order valence-corrected chi connectivity index (χ4v) is 4.55. The lowest BCUT2D eigenvalue weighted by Crippen LogP contribution is -2.26. The normalized spacial score (nSPS) is 11.4. The van der Waals surface area contributed by atoms with Crippen LogP contribution in [-0.2, 0) is 11.2 Å². The van der Waals surface area contributed by atoms with Gasteiger partial charge in [-0.2, -0.15) is 0 Å². The van der Waals surface area contributed by atoms with Crippen molar-refractivity contribution in [2.75, 3.05) is 11.9 Å². The first-order valence-corrected chi connectivity index (χ1v) is 10.5. The fourth-order valence-electron chi connectivity index (χ4n) is 2.33. The summed E-state index contributed by atoms with van der Waals surface area (Å²) in [7, 11) is 0. The van der Waals surface area contributed by atoms with Gasteiger partial charge in [0.05, 0.1) is 5.69 Å². The largest absolute Gasteiger partial charge is 0.480 e. The van der Waals surface area contributed by atoms with Crippen LogP contribution in [0.25, 0.3) is 11.1 Å². The molecule has 0 bridgehead atoms. The highest BCUT2D eigenvalue weighted by atomic mass is 32.2. The molecule has 2 N–H and O–H groups in total. The van der Waals surface area contributed by atoms with Gasteiger partial charge in [0, 0.05) is 36.3 Å². The molecule has 6 nitrogen and oxygen atoms in total. The predicted molar refractivity (Wildman–Crippen MR) is 114 cm³/mol. The highest BCUT2D eigenvalue weighted by Gasteiger charge is 2.29. The van der Waals surface area contributed by atoms with E-state index in [1.165, 1.54) is 28.7 Å². The molecule has 2 heterocycles. The lowest BCUT2D eigenvalue weighted by atomic mass is 10.1. The van der Waals surface area contributed by atoms with E-state index >= 15 is 0 Å². The van der Waals surface area contributed by atoms with Gasteiger partial charge in [-0.3, -0.25) is 4.79 Å². The molecule has 28 heavy (non-hydrogen) atoms. The molecule has 0 radical (unpaired) electrons. The van der Waals surface area contributed by atoms with E-state index in [1.807, 2.05) is 17.8 Å². The topological polar surface area (TPSA) is 88.0 Å². The number of aliphatic carboxylic acids is 1. The standard InChI is InChI=1S/C20H22N4O2S2/c1-13-4-6-14(7-5-13)15-10-22-18(23-11-15)21-9-8-16-12-27-19(24-16)28-20(2,3)17(25)26/h4-7,10-12H,8-9H2,1-3H3,(H,25,26)(H,21,22,23). The lowest BCUT2D eigenvalue weighted by molar-refractivity contribution is -0.138. The van der Waals surface area contributed by atoms with Gasteiger partial charge >= 0.3 is 5.97 Å². The Hall–Kier alpha value is -2.45. The van der Waals surface area contributed by atoms with Crippen molar-refractivity contribution in [1.82, 2.24) is 15.0 Å². The summed E-state index contributed by atoms with van der Waals surface area (Å²) >= 11 is 2.74. The van der Waals surface area contributed by atoms with Crippen molar-refractivity contribution in [3.63, 3.8) is 0 Å². The van der Waals surface area contributed by atoms with Gasteiger partial charge in [-0.05, 0) is 26.3 Å². The first-order chi connectivity index (χ1) is 13.3. The molecule has 0 saturated carbocycles. The molecule has 0 saturated heterocycles. The van der Waals surface area contributed by atoms with Gasteiger partial charge < -0.3 is 10.4 Å². The van der Waals surface area contributed by atoms with Crippen LogP contribution in [-0.4, -0.2) is 37.3 Å². The number of hydrogen-bond acceptors (Lipinski definition) is 7. The minimum atomic E-state index is -0.888.